The van der Waals surface area contributed by atoms with Crippen molar-refractivity contribution in [1.82, 2.24) is 25.2 Å². The fourth-order valence-corrected chi connectivity index (χ4v) is 4.54. The summed E-state index contributed by atoms with van der Waals surface area (Å²) in [6.07, 6.45) is 2.97. The fraction of sp³-hybridized carbons (Fsp3) is 0.269. The number of hydrogen-bond donors (Lipinski definition) is 2. The molecule has 2 N–H and O–H groups in total. The molecule has 2 aromatic carbocycles. The summed E-state index contributed by atoms with van der Waals surface area (Å²) in [5.74, 6) is -1.22. The highest BCUT2D eigenvalue weighted by Gasteiger charge is 2.26. The van der Waals surface area contributed by atoms with Gasteiger partial charge in [-0.3, -0.25) is 14.2 Å². The Bertz CT molecular complexity index is 1530. The number of benzene rings is 2. The minimum atomic E-state index is -0.445. The molecule has 2 amide bonds. The SMILES string of the molecule is Cc1ccc2c(c1C)CC[C@@H]2NC(=O)c1cc(C(=O)NCc2ccc3oc(=O)n(C)c3c2)ncn1. The molecule has 35 heavy (non-hydrogen) atoms. The van der Waals surface area contributed by atoms with Crippen LogP contribution in [-0.4, -0.2) is 26.3 Å². The Morgan fingerprint density at radius 1 is 1.09 bits per heavy atom. The van der Waals surface area contributed by atoms with E-state index in [4.69, 9.17) is 4.42 Å². The van der Waals surface area contributed by atoms with Crippen LogP contribution in [0.4, 0.5) is 0 Å². The Morgan fingerprint density at radius 3 is 2.66 bits per heavy atom. The molecular formula is C26H25N5O4. The molecule has 1 atom stereocenters. The van der Waals surface area contributed by atoms with Gasteiger partial charge in [0.2, 0.25) is 0 Å². The average molecular weight is 472 g/mol. The summed E-state index contributed by atoms with van der Waals surface area (Å²) in [7, 11) is 1.62. The molecule has 4 aromatic rings. The second kappa shape index (κ2) is 8.83. The molecule has 0 radical (unpaired) electrons. The minimum Gasteiger partial charge on any atom is -0.408 e. The number of nitrogens with zero attached hydrogens (tertiary/aromatic N) is 3. The van der Waals surface area contributed by atoms with E-state index in [0.717, 1.165) is 24.0 Å². The van der Waals surface area contributed by atoms with E-state index < -0.39 is 11.7 Å². The van der Waals surface area contributed by atoms with Crippen LogP contribution >= 0.6 is 0 Å². The van der Waals surface area contributed by atoms with Gasteiger partial charge in [0.15, 0.2) is 5.58 Å². The van der Waals surface area contributed by atoms with Gasteiger partial charge in [0.25, 0.3) is 11.8 Å². The maximum atomic E-state index is 12.9. The Kier molecular flexibility index (Phi) is 5.68. The van der Waals surface area contributed by atoms with E-state index in [2.05, 4.69) is 46.6 Å². The zero-order valence-corrected chi connectivity index (χ0v) is 19.7. The maximum Gasteiger partial charge on any atom is 0.419 e. The zero-order chi connectivity index (χ0) is 24.7. The third-order valence-electron chi connectivity index (χ3n) is 6.71. The Labute approximate surface area is 201 Å². The number of carbonyl (C=O) groups excluding carboxylic acids is 2. The van der Waals surface area contributed by atoms with Gasteiger partial charge in [-0.05, 0) is 66.6 Å². The van der Waals surface area contributed by atoms with E-state index in [9.17, 15) is 14.4 Å². The average Bonchev–Trinajstić information content (AvgIpc) is 3.40. The molecule has 5 rings (SSSR count). The summed E-state index contributed by atoms with van der Waals surface area (Å²) >= 11 is 0. The molecule has 9 nitrogen and oxygen atoms in total. The first-order valence-corrected chi connectivity index (χ1v) is 11.4. The second-order valence-corrected chi connectivity index (χ2v) is 8.84. The molecule has 9 heteroatoms. The minimum absolute atomic E-state index is 0.0853. The van der Waals surface area contributed by atoms with Gasteiger partial charge in [-0.1, -0.05) is 18.2 Å². The van der Waals surface area contributed by atoms with Gasteiger partial charge in [0, 0.05) is 19.7 Å². The lowest BCUT2D eigenvalue weighted by Crippen LogP contribution is -2.29. The Morgan fingerprint density at radius 2 is 1.86 bits per heavy atom. The summed E-state index contributed by atoms with van der Waals surface area (Å²) in [4.78, 5) is 45.4. The number of nitrogens with one attached hydrogen (secondary N) is 2. The van der Waals surface area contributed by atoms with Crippen LogP contribution in [0.3, 0.4) is 0 Å². The van der Waals surface area contributed by atoms with Crippen molar-refractivity contribution in [1.29, 1.82) is 0 Å². The number of fused-ring (bicyclic) bond motifs is 2. The third kappa shape index (κ3) is 4.21. The smallest absolute Gasteiger partial charge is 0.408 e. The fourth-order valence-electron chi connectivity index (χ4n) is 4.54. The van der Waals surface area contributed by atoms with Crippen LogP contribution in [0.5, 0.6) is 0 Å². The molecule has 2 aromatic heterocycles. The molecule has 1 aliphatic carbocycles. The molecule has 0 saturated heterocycles. The van der Waals surface area contributed by atoms with Crippen LogP contribution in [0.2, 0.25) is 0 Å². The number of aromatic nitrogens is 3. The van der Waals surface area contributed by atoms with Gasteiger partial charge >= 0.3 is 5.76 Å². The maximum absolute atomic E-state index is 12.9. The topological polar surface area (TPSA) is 119 Å². The van der Waals surface area contributed by atoms with Crippen LogP contribution in [0.25, 0.3) is 11.1 Å². The van der Waals surface area contributed by atoms with Gasteiger partial charge in [0.1, 0.15) is 17.7 Å². The molecule has 178 valence electrons. The van der Waals surface area contributed by atoms with Gasteiger partial charge in [0.05, 0.1) is 11.6 Å². The van der Waals surface area contributed by atoms with Crippen molar-refractivity contribution in [2.45, 2.75) is 39.3 Å². The number of aryl methyl sites for hydroxylation is 2. The number of rotatable bonds is 5. The van der Waals surface area contributed by atoms with E-state index in [1.807, 2.05) is 0 Å². The van der Waals surface area contributed by atoms with Gasteiger partial charge in [-0.2, -0.15) is 0 Å². The van der Waals surface area contributed by atoms with Crippen LogP contribution in [-0.2, 0) is 20.0 Å². The van der Waals surface area contributed by atoms with Gasteiger partial charge in [-0.25, -0.2) is 14.8 Å². The molecule has 0 aliphatic heterocycles. The summed E-state index contributed by atoms with van der Waals surface area (Å²) in [6, 6.07) is 10.7. The van der Waals surface area contributed by atoms with Crippen LogP contribution in [0, 0.1) is 13.8 Å². The quantitative estimate of drug-likeness (QED) is 0.462. The van der Waals surface area contributed by atoms with E-state index in [-0.39, 0.29) is 29.9 Å². The lowest BCUT2D eigenvalue weighted by Gasteiger charge is -2.15. The van der Waals surface area contributed by atoms with E-state index >= 15 is 0 Å². The molecular weight excluding hydrogens is 446 g/mol. The normalized spacial score (nSPS) is 14.7. The molecule has 0 unspecified atom stereocenters. The van der Waals surface area contributed by atoms with Gasteiger partial charge in [-0.15, -0.1) is 0 Å². The molecule has 0 saturated carbocycles. The Hall–Kier alpha value is -4.27. The Balaban J connectivity index is 1.26. The van der Waals surface area contributed by atoms with Crippen LogP contribution in [0.1, 0.15) is 61.3 Å². The standard InChI is InChI=1S/C26H25N5O4/c1-14-4-6-18-17(15(14)2)7-8-19(18)30-25(33)21-11-20(28-13-29-21)24(32)27-12-16-5-9-23-22(10-16)31(3)26(34)35-23/h4-6,9-11,13,19H,7-8,12H2,1-3H3,(H,27,32)(H,30,33)/t19-/m0/s1. The summed E-state index contributed by atoms with van der Waals surface area (Å²) < 4.78 is 6.53. The summed E-state index contributed by atoms with van der Waals surface area (Å²) in [5.41, 5.74) is 7.10. The van der Waals surface area contributed by atoms with Crippen molar-refractivity contribution in [2.75, 3.05) is 0 Å². The predicted molar refractivity (Wildman–Crippen MR) is 129 cm³/mol. The summed E-state index contributed by atoms with van der Waals surface area (Å²) in [6.45, 7) is 4.42. The first-order valence-electron chi connectivity index (χ1n) is 11.4. The van der Waals surface area contributed by atoms with Gasteiger partial charge < -0.3 is 15.1 Å². The van der Waals surface area contributed by atoms with Crippen LogP contribution < -0.4 is 16.4 Å². The molecule has 0 spiro atoms. The molecule has 1 aliphatic rings. The van der Waals surface area contributed by atoms with Crippen molar-refractivity contribution in [3.8, 4) is 0 Å². The highest BCUT2D eigenvalue weighted by molar-refractivity contribution is 5.97. The van der Waals surface area contributed by atoms with E-state index in [1.54, 1.807) is 25.2 Å². The summed E-state index contributed by atoms with van der Waals surface area (Å²) in [5, 5.41) is 5.84. The largest absolute Gasteiger partial charge is 0.419 e. The third-order valence-corrected chi connectivity index (χ3v) is 6.71. The molecule has 2 heterocycles. The van der Waals surface area contributed by atoms with E-state index in [0.29, 0.717) is 11.1 Å². The zero-order valence-electron chi connectivity index (χ0n) is 19.7. The molecule has 0 bridgehead atoms. The van der Waals surface area contributed by atoms with Crippen molar-refractivity contribution < 1.29 is 14.0 Å². The number of amides is 2. The number of carbonyl (C=O) groups is 2. The lowest BCUT2D eigenvalue weighted by molar-refractivity contribution is 0.0931. The van der Waals surface area contributed by atoms with E-state index in [1.165, 1.54) is 33.7 Å². The van der Waals surface area contributed by atoms with Crippen molar-refractivity contribution in [3.63, 3.8) is 0 Å². The monoisotopic (exact) mass is 471 g/mol. The van der Waals surface area contributed by atoms with Crippen molar-refractivity contribution in [3.05, 3.63) is 92.5 Å². The number of oxazole rings is 1. The number of hydrogen-bond acceptors (Lipinski definition) is 6. The highest BCUT2D eigenvalue weighted by Crippen LogP contribution is 2.34. The highest BCUT2D eigenvalue weighted by atomic mass is 16.4. The first-order chi connectivity index (χ1) is 16.8. The first kappa shape index (κ1) is 22.5. The van der Waals surface area contributed by atoms with Crippen LogP contribution in [0.15, 0.2) is 51.9 Å². The molecule has 0 fully saturated rings. The lowest BCUT2D eigenvalue weighted by atomic mass is 9.99. The predicted octanol–water partition coefficient (Wildman–Crippen LogP) is 2.89. The van der Waals surface area contributed by atoms with Crippen molar-refractivity contribution in [2.24, 2.45) is 7.05 Å². The second-order valence-electron chi connectivity index (χ2n) is 8.84. The van der Waals surface area contributed by atoms with Crippen molar-refractivity contribution >= 4 is 22.9 Å².